The van der Waals surface area contributed by atoms with E-state index >= 15 is 0 Å². The number of para-hydroxylation sites is 1. The van der Waals surface area contributed by atoms with Crippen LogP contribution in [0.2, 0.25) is 0 Å². The monoisotopic (exact) mass is 382 g/mol. The van der Waals surface area contributed by atoms with Crippen molar-refractivity contribution in [2.24, 2.45) is 0 Å². The number of nitrogens with one attached hydrogen (secondary N) is 1. The Morgan fingerprint density at radius 2 is 1.70 bits per heavy atom. The Hall–Kier alpha value is -2.11. The number of piperidine rings is 1. The minimum Gasteiger partial charge on any atom is -0.358 e. The predicted molar refractivity (Wildman–Crippen MR) is 110 cm³/mol. The van der Waals surface area contributed by atoms with Crippen LogP contribution in [-0.2, 0) is 10.0 Å². The van der Waals surface area contributed by atoms with Crippen LogP contribution in [0.4, 0.5) is 0 Å². The molecule has 5 heteroatoms. The molecule has 0 unspecified atom stereocenters. The summed E-state index contributed by atoms with van der Waals surface area (Å²) in [4.78, 5) is 3.92. The van der Waals surface area contributed by atoms with E-state index in [1.54, 1.807) is 10.4 Å². The zero-order valence-electron chi connectivity index (χ0n) is 16.1. The Balaban J connectivity index is 1.58. The summed E-state index contributed by atoms with van der Waals surface area (Å²) >= 11 is 0. The smallest absolute Gasteiger partial charge is 0.243 e. The molecule has 3 aromatic rings. The minimum atomic E-state index is -3.43. The number of H-pyrrole nitrogens is 1. The van der Waals surface area contributed by atoms with Gasteiger partial charge in [0.1, 0.15) is 0 Å². The molecule has 0 atom stereocenters. The summed E-state index contributed by atoms with van der Waals surface area (Å²) in [5.41, 5.74) is 5.51. The highest BCUT2D eigenvalue weighted by Crippen LogP contribution is 2.37. The van der Waals surface area contributed by atoms with Gasteiger partial charge >= 0.3 is 0 Å². The Labute approximate surface area is 161 Å². The van der Waals surface area contributed by atoms with E-state index in [-0.39, 0.29) is 0 Å². The molecule has 4 rings (SSSR count). The highest BCUT2D eigenvalue weighted by atomic mass is 32.2. The normalized spacial score (nSPS) is 16.9. The predicted octanol–water partition coefficient (Wildman–Crippen LogP) is 4.66. The fourth-order valence-corrected chi connectivity index (χ4v) is 6.11. The molecule has 0 bridgehead atoms. The van der Waals surface area contributed by atoms with Crippen LogP contribution in [0.15, 0.2) is 47.4 Å². The van der Waals surface area contributed by atoms with Crippen molar-refractivity contribution in [1.29, 1.82) is 0 Å². The van der Waals surface area contributed by atoms with Crippen molar-refractivity contribution in [2.75, 3.05) is 13.1 Å². The highest BCUT2D eigenvalue weighted by Gasteiger charge is 2.32. The first-order valence-electron chi connectivity index (χ1n) is 9.52. The summed E-state index contributed by atoms with van der Waals surface area (Å²) < 4.78 is 28.0. The van der Waals surface area contributed by atoms with Crippen LogP contribution < -0.4 is 0 Å². The molecular formula is C22H26N2O2S. The topological polar surface area (TPSA) is 53.2 Å². The fraction of sp³-hybridized carbons (Fsp3) is 0.364. The quantitative estimate of drug-likeness (QED) is 0.716. The molecule has 0 amide bonds. The fourth-order valence-electron chi connectivity index (χ4n) is 4.33. The molecule has 1 fully saturated rings. The summed E-state index contributed by atoms with van der Waals surface area (Å²) in [6, 6.07) is 14.0. The lowest BCUT2D eigenvalue weighted by atomic mass is 9.88. The number of hydrogen-bond donors (Lipinski definition) is 1. The first-order chi connectivity index (χ1) is 12.9. The van der Waals surface area contributed by atoms with E-state index in [4.69, 9.17) is 0 Å². The maximum Gasteiger partial charge on any atom is 0.243 e. The van der Waals surface area contributed by atoms with Gasteiger partial charge in [0.15, 0.2) is 0 Å². The van der Waals surface area contributed by atoms with Gasteiger partial charge in [-0.25, -0.2) is 8.42 Å². The van der Waals surface area contributed by atoms with Crippen LogP contribution >= 0.6 is 0 Å². The summed E-state index contributed by atoms with van der Waals surface area (Å²) in [7, 11) is -3.43. The number of hydrogen-bond acceptors (Lipinski definition) is 2. The molecule has 2 aromatic carbocycles. The van der Waals surface area contributed by atoms with Crippen LogP contribution in [-0.4, -0.2) is 30.8 Å². The molecule has 2 heterocycles. The van der Waals surface area contributed by atoms with Gasteiger partial charge in [-0.15, -0.1) is 0 Å². The van der Waals surface area contributed by atoms with Crippen molar-refractivity contribution in [2.45, 2.75) is 44.4 Å². The molecule has 142 valence electrons. The van der Waals surface area contributed by atoms with Gasteiger partial charge in [-0.3, -0.25) is 0 Å². The van der Waals surface area contributed by atoms with E-state index in [0.29, 0.717) is 23.9 Å². The van der Waals surface area contributed by atoms with Crippen LogP contribution in [0.3, 0.4) is 0 Å². The number of rotatable bonds is 3. The van der Waals surface area contributed by atoms with E-state index in [1.165, 1.54) is 16.6 Å². The van der Waals surface area contributed by atoms with Crippen LogP contribution in [0, 0.1) is 20.8 Å². The summed E-state index contributed by atoms with van der Waals surface area (Å²) in [5.74, 6) is 0.395. The van der Waals surface area contributed by atoms with E-state index in [1.807, 2.05) is 32.0 Å². The largest absolute Gasteiger partial charge is 0.358 e. The first-order valence-corrected chi connectivity index (χ1v) is 11.0. The summed E-state index contributed by atoms with van der Waals surface area (Å²) in [6.45, 7) is 7.06. The molecule has 0 saturated carbocycles. The van der Waals surface area contributed by atoms with Crippen molar-refractivity contribution < 1.29 is 8.42 Å². The van der Waals surface area contributed by atoms with Gasteiger partial charge in [0.05, 0.1) is 4.90 Å². The van der Waals surface area contributed by atoms with Gasteiger partial charge in [0.2, 0.25) is 10.0 Å². The molecule has 27 heavy (non-hydrogen) atoms. The van der Waals surface area contributed by atoms with Gasteiger partial charge in [0, 0.05) is 29.7 Å². The second-order valence-corrected chi connectivity index (χ2v) is 9.56. The number of aryl methyl sites for hydroxylation is 3. The van der Waals surface area contributed by atoms with Gasteiger partial charge in [-0.2, -0.15) is 4.31 Å². The second-order valence-electron chi connectivity index (χ2n) is 7.66. The third-order valence-electron chi connectivity index (χ3n) is 5.77. The molecular weight excluding hydrogens is 356 g/mol. The minimum absolute atomic E-state index is 0.395. The molecule has 4 nitrogen and oxygen atoms in total. The lowest BCUT2D eigenvalue weighted by Crippen LogP contribution is -2.38. The van der Waals surface area contributed by atoms with Crippen molar-refractivity contribution in [3.63, 3.8) is 0 Å². The zero-order chi connectivity index (χ0) is 19.2. The summed E-state index contributed by atoms with van der Waals surface area (Å²) in [6.07, 6.45) is 1.71. The molecule has 1 N–H and O–H groups in total. The van der Waals surface area contributed by atoms with E-state index < -0.39 is 10.0 Å². The third kappa shape index (κ3) is 3.19. The number of fused-ring (bicyclic) bond motifs is 1. The van der Waals surface area contributed by atoms with E-state index in [0.717, 1.165) is 29.5 Å². The molecule has 1 saturated heterocycles. The second kappa shape index (κ2) is 6.80. The number of aromatic nitrogens is 1. The van der Waals surface area contributed by atoms with E-state index in [2.05, 4.69) is 30.1 Å². The average molecular weight is 383 g/mol. The van der Waals surface area contributed by atoms with Crippen molar-refractivity contribution in [1.82, 2.24) is 9.29 Å². The Morgan fingerprint density at radius 1 is 1.00 bits per heavy atom. The molecule has 0 aliphatic carbocycles. The SMILES string of the molecule is Cc1ccc(C)c(S(=O)(=O)N2CCC(c3c(C)[nH]c4ccccc34)CC2)c1. The third-order valence-corrected chi connectivity index (χ3v) is 7.81. The lowest BCUT2D eigenvalue weighted by Gasteiger charge is -2.32. The number of sulfonamides is 1. The number of benzene rings is 2. The molecule has 1 aliphatic rings. The van der Waals surface area contributed by atoms with Gasteiger partial charge in [-0.05, 0) is 68.4 Å². The van der Waals surface area contributed by atoms with Crippen molar-refractivity contribution in [3.8, 4) is 0 Å². The number of nitrogens with zero attached hydrogens (tertiary/aromatic N) is 1. The highest BCUT2D eigenvalue weighted by molar-refractivity contribution is 7.89. The van der Waals surface area contributed by atoms with Crippen LogP contribution in [0.25, 0.3) is 10.9 Å². The van der Waals surface area contributed by atoms with E-state index in [9.17, 15) is 8.42 Å². The maximum atomic E-state index is 13.2. The van der Waals surface area contributed by atoms with Crippen LogP contribution in [0.1, 0.15) is 41.1 Å². The van der Waals surface area contributed by atoms with Gasteiger partial charge < -0.3 is 4.98 Å². The first kappa shape index (κ1) is 18.3. The number of aromatic amines is 1. The zero-order valence-corrected chi connectivity index (χ0v) is 16.9. The standard InChI is InChI=1S/C22H26N2O2S/c1-15-8-9-16(2)21(14-15)27(25,26)24-12-10-18(11-13-24)22-17(3)23-20-7-5-4-6-19(20)22/h4-9,14,18,23H,10-13H2,1-3H3. The molecule has 0 radical (unpaired) electrons. The molecule has 0 spiro atoms. The molecule has 1 aromatic heterocycles. The lowest BCUT2D eigenvalue weighted by molar-refractivity contribution is 0.319. The van der Waals surface area contributed by atoms with Crippen molar-refractivity contribution in [3.05, 3.63) is 64.8 Å². The van der Waals surface area contributed by atoms with Gasteiger partial charge in [0.25, 0.3) is 0 Å². The van der Waals surface area contributed by atoms with Crippen LogP contribution in [0.5, 0.6) is 0 Å². The Bertz CT molecular complexity index is 1090. The average Bonchev–Trinajstić information content (AvgIpc) is 2.99. The van der Waals surface area contributed by atoms with Gasteiger partial charge in [-0.1, -0.05) is 30.3 Å². The Morgan fingerprint density at radius 3 is 2.44 bits per heavy atom. The Kier molecular flexibility index (Phi) is 4.60. The molecule has 1 aliphatic heterocycles. The maximum absolute atomic E-state index is 13.2. The van der Waals surface area contributed by atoms with Crippen molar-refractivity contribution >= 4 is 20.9 Å². The summed E-state index contributed by atoms with van der Waals surface area (Å²) in [5, 5.41) is 1.27.